The Morgan fingerprint density at radius 1 is 1.19 bits per heavy atom. The average molecular weight is 291 g/mol. The summed E-state index contributed by atoms with van der Waals surface area (Å²) >= 11 is 0. The van der Waals surface area contributed by atoms with Crippen molar-refractivity contribution in [3.05, 3.63) is 18.1 Å². The molecule has 0 radical (unpaired) electrons. The van der Waals surface area contributed by atoms with E-state index in [1.165, 1.54) is 32.1 Å². The van der Waals surface area contributed by atoms with Crippen LogP contribution in [0.3, 0.4) is 0 Å². The third kappa shape index (κ3) is 4.67. The Morgan fingerprint density at radius 2 is 1.95 bits per heavy atom. The van der Waals surface area contributed by atoms with Gasteiger partial charge in [-0.05, 0) is 37.8 Å². The molecule has 1 fully saturated rings. The SMILES string of the molecule is COc1nccnc1C1CCCCCC1CNCC(C)C. The Hall–Kier alpha value is -1.16. The maximum absolute atomic E-state index is 5.44. The van der Waals surface area contributed by atoms with Crippen LogP contribution in [0.15, 0.2) is 12.4 Å². The number of rotatable bonds is 6. The average Bonchev–Trinajstić information content (AvgIpc) is 2.72. The van der Waals surface area contributed by atoms with Gasteiger partial charge in [-0.2, -0.15) is 0 Å². The molecule has 0 bridgehead atoms. The summed E-state index contributed by atoms with van der Waals surface area (Å²) in [6, 6.07) is 0. The van der Waals surface area contributed by atoms with E-state index in [1.807, 2.05) is 0 Å². The first-order valence-electron chi connectivity index (χ1n) is 8.28. The summed E-state index contributed by atoms with van der Waals surface area (Å²) < 4.78 is 5.44. The number of hydrogen-bond acceptors (Lipinski definition) is 4. The van der Waals surface area contributed by atoms with Gasteiger partial charge in [0.1, 0.15) is 5.69 Å². The van der Waals surface area contributed by atoms with Gasteiger partial charge in [-0.1, -0.05) is 33.1 Å². The molecule has 1 aromatic rings. The first kappa shape index (κ1) is 16.2. The van der Waals surface area contributed by atoms with Crippen LogP contribution in [0.5, 0.6) is 5.88 Å². The molecule has 4 heteroatoms. The third-order valence-corrected chi connectivity index (χ3v) is 4.35. The zero-order chi connectivity index (χ0) is 15.1. The van der Waals surface area contributed by atoms with Crippen LogP contribution in [0.25, 0.3) is 0 Å². The maximum atomic E-state index is 5.44. The molecular weight excluding hydrogens is 262 g/mol. The standard InChI is InChI=1S/C17H29N3O/c1-13(2)11-18-12-14-7-5-4-6-8-15(14)16-17(21-3)20-10-9-19-16/h9-10,13-15,18H,4-8,11-12H2,1-3H3. The summed E-state index contributed by atoms with van der Waals surface area (Å²) in [5, 5.41) is 3.63. The summed E-state index contributed by atoms with van der Waals surface area (Å²) in [6.07, 6.45) is 9.92. The quantitative estimate of drug-likeness (QED) is 0.816. The van der Waals surface area contributed by atoms with Crippen LogP contribution in [0.1, 0.15) is 57.6 Å². The zero-order valence-corrected chi connectivity index (χ0v) is 13.6. The Morgan fingerprint density at radius 3 is 2.71 bits per heavy atom. The van der Waals surface area contributed by atoms with E-state index >= 15 is 0 Å². The van der Waals surface area contributed by atoms with E-state index in [2.05, 4.69) is 29.1 Å². The number of ether oxygens (including phenoxy) is 1. The third-order valence-electron chi connectivity index (χ3n) is 4.35. The molecule has 0 spiro atoms. The molecule has 21 heavy (non-hydrogen) atoms. The van der Waals surface area contributed by atoms with Gasteiger partial charge in [-0.25, -0.2) is 4.98 Å². The first-order chi connectivity index (χ1) is 10.2. The van der Waals surface area contributed by atoms with Crippen molar-refractivity contribution < 1.29 is 4.74 Å². The highest BCUT2D eigenvalue weighted by Gasteiger charge is 2.28. The minimum Gasteiger partial charge on any atom is -0.480 e. The number of nitrogens with one attached hydrogen (secondary N) is 1. The highest BCUT2D eigenvalue weighted by atomic mass is 16.5. The molecule has 0 aliphatic heterocycles. The summed E-state index contributed by atoms with van der Waals surface area (Å²) in [7, 11) is 1.69. The van der Waals surface area contributed by atoms with Crippen molar-refractivity contribution in [3.8, 4) is 5.88 Å². The molecule has 0 amide bonds. The summed E-state index contributed by atoms with van der Waals surface area (Å²) in [5.74, 6) is 2.51. The fraction of sp³-hybridized carbons (Fsp3) is 0.765. The van der Waals surface area contributed by atoms with E-state index in [1.54, 1.807) is 19.5 Å². The van der Waals surface area contributed by atoms with Crippen LogP contribution in [-0.2, 0) is 0 Å². The van der Waals surface area contributed by atoms with Gasteiger partial charge in [0.2, 0.25) is 5.88 Å². The largest absolute Gasteiger partial charge is 0.480 e. The highest BCUT2D eigenvalue weighted by molar-refractivity contribution is 5.23. The minimum atomic E-state index is 0.468. The van der Waals surface area contributed by atoms with Crippen molar-refractivity contribution in [2.45, 2.75) is 51.9 Å². The van der Waals surface area contributed by atoms with Gasteiger partial charge < -0.3 is 10.1 Å². The lowest BCUT2D eigenvalue weighted by Crippen LogP contribution is -2.30. The Balaban J connectivity index is 2.11. The van der Waals surface area contributed by atoms with Gasteiger partial charge in [0.25, 0.3) is 0 Å². The van der Waals surface area contributed by atoms with Gasteiger partial charge in [-0.15, -0.1) is 0 Å². The lowest BCUT2D eigenvalue weighted by Gasteiger charge is -2.26. The molecule has 1 aliphatic rings. The van der Waals surface area contributed by atoms with Gasteiger partial charge in [0.05, 0.1) is 7.11 Å². The van der Waals surface area contributed by atoms with E-state index in [4.69, 9.17) is 4.74 Å². The predicted octanol–water partition coefficient (Wildman–Crippen LogP) is 3.39. The smallest absolute Gasteiger partial charge is 0.235 e. The molecule has 2 unspecified atom stereocenters. The Bertz CT molecular complexity index is 422. The number of aromatic nitrogens is 2. The fourth-order valence-electron chi connectivity index (χ4n) is 3.29. The van der Waals surface area contributed by atoms with E-state index in [9.17, 15) is 0 Å². The van der Waals surface area contributed by atoms with E-state index < -0.39 is 0 Å². The van der Waals surface area contributed by atoms with Crippen molar-refractivity contribution >= 4 is 0 Å². The number of nitrogens with zero attached hydrogens (tertiary/aromatic N) is 2. The Kier molecular flexibility index (Phi) is 6.43. The van der Waals surface area contributed by atoms with E-state index in [-0.39, 0.29) is 0 Å². The molecule has 1 N–H and O–H groups in total. The van der Waals surface area contributed by atoms with Crippen molar-refractivity contribution in [2.24, 2.45) is 11.8 Å². The van der Waals surface area contributed by atoms with Crippen LogP contribution in [0, 0.1) is 11.8 Å². The van der Waals surface area contributed by atoms with Crippen LogP contribution in [0.4, 0.5) is 0 Å². The molecule has 1 aliphatic carbocycles. The second-order valence-corrected chi connectivity index (χ2v) is 6.51. The molecule has 4 nitrogen and oxygen atoms in total. The van der Waals surface area contributed by atoms with E-state index in [0.29, 0.717) is 23.6 Å². The lowest BCUT2D eigenvalue weighted by molar-refractivity contribution is 0.336. The minimum absolute atomic E-state index is 0.468. The Labute approximate surface area is 128 Å². The molecule has 0 saturated heterocycles. The summed E-state index contributed by atoms with van der Waals surface area (Å²) in [4.78, 5) is 8.93. The molecule has 118 valence electrons. The first-order valence-corrected chi connectivity index (χ1v) is 8.28. The van der Waals surface area contributed by atoms with Crippen molar-refractivity contribution in [1.82, 2.24) is 15.3 Å². The molecule has 2 rings (SSSR count). The lowest BCUT2D eigenvalue weighted by atomic mass is 9.85. The zero-order valence-electron chi connectivity index (χ0n) is 13.6. The molecule has 1 aromatic heterocycles. The molecule has 2 atom stereocenters. The maximum Gasteiger partial charge on any atom is 0.235 e. The van der Waals surface area contributed by atoms with Crippen molar-refractivity contribution in [3.63, 3.8) is 0 Å². The molecular formula is C17H29N3O. The monoisotopic (exact) mass is 291 g/mol. The van der Waals surface area contributed by atoms with Gasteiger partial charge in [-0.3, -0.25) is 4.98 Å². The van der Waals surface area contributed by atoms with Crippen LogP contribution in [0.2, 0.25) is 0 Å². The second kappa shape index (κ2) is 8.32. The normalized spacial score (nSPS) is 23.0. The molecule has 1 heterocycles. The van der Waals surface area contributed by atoms with Crippen molar-refractivity contribution in [1.29, 1.82) is 0 Å². The highest BCUT2D eigenvalue weighted by Crippen LogP contribution is 2.38. The number of hydrogen-bond donors (Lipinski definition) is 1. The second-order valence-electron chi connectivity index (χ2n) is 6.51. The van der Waals surface area contributed by atoms with Gasteiger partial charge >= 0.3 is 0 Å². The fourth-order valence-corrected chi connectivity index (χ4v) is 3.29. The number of methoxy groups -OCH3 is 1. The van der Waals surface area contributed by atoms with Crippen LogP contribution < -0.4 is 10.1 Å². The molecule has 0 aromatic carbocycles. The van der Waals surface area contributed by atoms with Crippen LogP contribution >= 0.6 is 0 Å². The topological polar surface area (TPSA) is 47.0 Å². The van der Waals surface area contributed by atoms with E-state index in [0.717, 1.165) is 18.8 Å². The molecule has 1 saturated carbocycles. The van der Waals surface area contributed by atoms with Gasteiger partial charge in [0.15, 0.2) is 0 Å². The van der Waals surface area contributed by atoms with Crippen molar-refractivity contribution in [2.75, 3.05) is 20.2 Å². The predicted molar refractivity (Wildman–Crippen MR) is 85.6 cm³/mol. The van der Waals surface area contributed by atoms with Crippen LogP contribution in [-0.4, -0.2) is 30.2 Å². The summed E-state index contributed by atoms with van der Waals surface area (Å²) in [6.45, 7) is 6.66. The van der Waals surface area contributed by atoms with Gasteiger partial charge in [0, 0.05) is 18.3 Å². The summed E-state index contributed by atoms with van der Waals surface area (Å²) in [5.41, 5.74) is 1.05.